The Labute approximate surface area is 113 Å². The van der Waals surface area contributed by atoms with E-state index >= 15 is 0 Å². The summed E-state index contributed by atoms with van der Waals surface area (Å²) < 4.78 is 4.75. The van der Waals surface area contributed by atoms with Crippen molar-refractivity contribution < 1.29 is 50.4 Å². The first-order chi connectivity index (χ1) is 6.66. The standard InChI is InChI=1S/C10H16O4.Na.H/c1-2-3-4-5-8-14-10(13)7-6-9(11)12;;/h6-7H,2-5,8H2,1H3,(H,11,12);;/q;+1;-1/b7-6-;;. The number of unbranched alkanes of at least 4 members (excludes halogenated alkanes) is 3. The number of carbonyl (C=O) groups excluding carboxylic acids is 1. The van der Waals surface area contributed by atoms with E-state index in [4.69, 9.17) is 9.84 Å². The van der Waals surface area contributed by atoms with Crippen molar-refractivity contribution >= 4 is 11.9 Å². The molecule has 0 aliphatic rings. The Morgan fingerprint density at radius 1 is 1.27 bits per heavy atom. The van der Waals surface area contributed by atoms with Gasteiger partial charge >= 0.3 is 41.5 Å². The predicted molar refractivity (Wildman–Crippen MR) is 53.0 cm³/mol. The molecule has 0 atom stereocenters. The Balaban J connectivity index is -0.000000845. The summed E-state index contributed by atoms with van der Waals surface area (Å²) in [4.78, 5) is 20.8. The summed E-state index contributed by atoms with van der Waals surface area (Å²) in [6, 6.07) is 0. The molecule has 0 aromatic rings. The number of carbonyl (C=O) groups is 2. The molecule has 0 heterocycles. The Morgan fingerprint density at radius 3 is 2.47 bits per heavy atom. The number of rotatable bonds is 7. The molecule has 0 unspecified atom stereocenters. The second-order valence-electron chi connectivity index (χ2n) is 2.90. The molecule has 0 spiro atoms. The minimum Gasteiger partial charge on any atom is -1.00 e. The third-order valence-corrected chi connectivity index (χ3v) is 1.60. The van der Waals surface area contributed by atoms with Gasteiger partial charge in [-0.25, -0.2) is 9.59 Å². The summed E-state index contributed by atoms with van der Waals surface area (Å²) in [5.41, 5.74) is 0. The van der Waals surface area contributed by atoms with Gasteiger partial charge < -0.3 is 11.3 Å². The topological polar surface area (TPSA) is 63.6 Å². The largest absolute Gasteiger partial charge is 1.00 e. The van der Waals surface area contributed by atoms with Crippen LogP contribution in [0, 0.1) is 0 Å². The van der Waals surface area contributed by atoms with Crippen LogP contribution < -0.4 is 29.6 Å². The second-order valence-corrected chi connectivity index (χ2v) is 2.90. The molecule has 0 fully saturated rings. The number of hydrogen-bond acceptors (Lipinski definition) is 3. The molecule has 0 saturated carbocycles. The Morgan fingerprint density at radius 2 is 1.93 bits per heavy atom. The van der Waals surface area contributed by atoms with Crippen LogP contribution in [0.25, 0.3) is 0 Å². The Kier molecular flexibility index (Phi) is 13.4. The normalized spacial score (nSPS) is 9.67. The molecule has 0 aliphatic carbocycles. The first-order valence-electron chi connectivity index (χ1n) is 4.74. The zero-order valence-electron chi connectivity index (χ0n) is 10.4. The average Bonchev–Trinajstić information content (AvgIpc) is 2.14. The van der Waals surface area contributed by atoms with Crippen LogP contribution in [0.3, 0.4) is 0 Å². The molecule has 82 valence electrons. The van der Waals surface area contributed by atoms with Crippen LogP contribution in [0.5, 0.6) is 0 Å². The van der Waals surface area contributed by atoms with E-state index in [1.165, 1.54) is 0 Å². The maximum Gasteiger partial charge on any atom is 1.00 e. The zero-order chi connectivity index (χ0) is 10.8. The molecule has 0 aromatic heterocycles. The minimum atomic E-state index is -1.15. The third-order valence-electron chi connectivity index (χ3n) is 1.60. The van der Waals surface area contributed by atoms with E-state index in [0.717, 1.165) is 37.8 Å². The van der Waals surface area contributed by atoms with Crippen molar-refractivity contribution in [2.45, 2.75) is 32.6 Å². The van der Waals surface area contributed by atoms with E-state index < -0.39 is 11.9 Å². The van der Waals surface area contributed by atoms with E-state index in [0.29, 0.717) is 6.61 Å². The van der Waals surface area contributed by atoms with Gasteiger partial charge in [-0.3, -0.25) is 0 Å². The van der Waals surface area contributed by atoms with E-state index in [2.05, 4.69) is 6.92 Å². The predicted octanol–water partition coefficient (Wildman–Crippen LogP) is -1.13. The quantitative estimate of drug-likeness (QED) is 0.257. The number of hydrogen-bond donors (Lipinski definition) is 1. The number of carboxylic acids is 1. The van der Waals surface area contributed by atoms with Gasteiger partial charge in [0.15, 0.2) is 0 Å². The summed E-state index contributed by atoms with van der Waals surface area (Å²) in [5, 5.41) is 8.21. The molecular formula is C10H17NaO4. The fourth-order valence-corrected chi connectivity index (χ4v) is 0.889. The van der Waals surface area contributed by atoms with Crippen LogP contribution >= 0.6 is 0 Å². The molecule has 0 aromatic carbocycles. The van der Waals surface area contributed by atoms with Crippen LogP contribution in [-0.4, -0.2) is 23.7 Å². The van der Waals surface area contributed by atoms with Gasteiger partial charge in [-0.15, -0.1) is 0 Å². The van der Waals surface area contributed by atoms with Crippen LogP contribution in [0.1, 0.15) is 34.0 Å². The van der Waals surface area contributed by atoms with Crippen molar-refractivity contribution in [3.8, 4) is 0 Å². The number of aliphatic carboxylic acids is 1. The summed E-state index contributed by atoms with van der Waals surface area (Å²) in [7, 11) is 0. The maximum absolute atomic E-state index is 10.8. The number of ether oxygens (including phenoxy) is 1. The van der Waals surface area contributed by atoms with Crippen molar-refractivity contribution in [3.63, 3.8) is 0 Å². The van der Waals surface area contributed by atoms with Gasteiger partial charge in [-0.1, -0.05) is 26.2 Å². The van der Waals surface area contributed by atoms with Crippen molar-refractivity contribution in [2.24, 2.45) is 0 Å². The first kappa shape index (κ1) is 17.1. The Bertz CT molecular complexity index is 219. The molecule has 0 amide bonds. The van der Waals surface area contributed by atoms with Crippen LogP contribution in [0.2, 0.25) is 0 Å². The van der Waals surface area contributed by atoms with Crippen molar-refractivity contribution in [1.29, 1.82) is 0 Å². The fraction of sp³-hybridized carbons (Fsp3) is 0.600. The van der Waals surface area contributed by atoms with Gasteiger partial charge in [-0.2, -0.15) is 0 Å². The maximum atomic E-state index is 10.8. The van der Waals surface area contributed by atoms with Crippen molar-refractivity contribution in [1.82, 2.24) is 0 Å². The van der Waals surface area contributed by atoms with Crippen LogP contribution in [-0.2, 0) is 14.3 Å². The molecule has 0 radical (unpaired) electrons. The molecule has 0 saturated heterocycles. The smallest absolute Gasteiger partial charge is 1.00 e. The van der Waals surface area contributed by atoms with E-state index in [9.17, 15) is 9.59 Å². The summed E-state index contributed by atoms with van der Waals surface area (Å²) >= 11 is 0. The van der Waals surface area contributed by atoms with E-state index in [-0.39, 0.29) is 31.0 Å². The van der Waals surface area contributed by atoms with Crippen molar-refractivity contribution in [2.75, 3.05) is 6.61 Å². The molecule has 4 nitrogen and oxygen atoms in total. The molecular weight excluding hydrogens is 207 g/mol. The summed E-state index contributed by atoms with van der Waals surface area (Å²) in [6.07, 6.45) is 5.82. The molecule has 1 N–H and O–H groups in total. The number of carboxylic acid groups (broad SMARTS) is 1. The molecule has 5 heteroatoms. The van der Waals surface area contributed by atoms with Gasteiger partial charge in [0.25, 0.3) is 0 Å². The van der Waals surface area contributed by atoms with E-state index in [1.807, 2.05) is 0 Å². The monoisotopic (exact) mass is 224 g/mol. The zero-order valence-corrected chi connectivity index (χ0v) is 11.4. The molecule has 15 heavy (non-hydrogen) atoms. The van der Waals surface area contributed by atoms with Gasteiger partial charge in [-0.05, 0) is 6.42 Å². The summed E-state index contributed by atoms with van der Waals surface area (Å²) in [6.45, 7) is 2.46. The van der Waals surface area contributed by atoms with E-state index in [1.54, 1.807) is 0 Å². The van der Waals surface area contributed by atoms with Crippen LogP contribution in [0.15, 0.2) is 12.2 Å². The first-order valence-corrected chi connectivity index (χ1v) is 4.74. The van der Waals surface area contributed by atoms with Gasteiger partial charge in [0.05, 0.1) is 6.61 Å². The SMILES string of the molecule is CCCCCCOC(=O)/C=C\C(=O)O.[H-].[Na+]. The van der Waals surface area contributed by atoms with Gasteiger partial charge in [0.1, 0.15) is 0 Å². The molecule has 0 bridgehead atoms. The molecule has 0 aliphatic heterocycles. The molecule has 0 rings (SSSR count). The minimum absolute atomic E-state index is 0. The average molecular weight is 224 g/mol. The van der Waals surface area contributed by atoms with Gasteiger partial charge in [0.2, 0.25) is 0 Å². The number of esters is 1. The van der Waals surface area contributed by atoms with Crippen molar-refractivity contribution in [3.05, 3.63) is 12.2 Å². The summed E-state index contributed by atoms with van der Waals surface area (Å²) in [5.74, 6) is -1.74. The van der Waals surface area contributed by atoms with Gasteiger partial charge in [0, 0.05) is 12.2 Å². The van der Waals surface area contributed by atoms with Crippen LogP contribution in [0.4, 0.5) is 0 Å². The Hall–Kier alpha value is -0.320. The fourth-order valence-electron chi connectivity index (χ4n) is 0.889. The third kappa shape index (κ3) is 13.7. The second kappa shape index (κ2) is 11.8.